The number of hydrogen-bond donors (Lipinski definition) is 1. The Morgan fingerprint density at radius 2 is 2.06 bits per heavy atom. The van der Waals surface area contributed by atoms with Gasteiger partial charge in [0, 0.05) is 19.0 Å². The maximum atomic E-state index is 12.3. The van der Waals surface area contributed by atoms with Crippen molar-refractivity contribution >= 4 is 10.0 Å². The second-order valence-corrected chi connectivity index (χ2v) is 5.87. The second kappa shape index (κ2) is 5.64. The molecule has 0 aliphatic heterocycles. The molecular formula is C11H21N3O2S. The average molecular weight is 259 g/mol. The van der Waals surface area contributed by atoms with E-state index >= 15 is 0 Å². The van der Waals surface area contributed by atoms with Gasteiger partial charge < -0.3 is 4.98 Å². The van der Waals surface area contributed by atoms with Gasteiger partial charge in [0.25, 0.3) is 10.0 Å². The van der Waals surface area contributed by atoms with Gasteiger partial charge in [-0.1, -0.05) is 20.8 Å². The highest BCUT2D eigenvalue weighted by atomic mass is 32.2. The van der Waals surface area contributed by atoms with Crippen LogP contribution in [0.3, 0.4) is 0 Å². The van der Waals surface area contributed by atoms with Gasteiger partial charge in [0.1, 0.15) is 5.82 Å². The summed E-state index contributed by atoms with van der Waals surface area (Å²) in [7, 11) is -3.44. The Kier molecular flexibility index (Phi) is 4.70. The maximum Gasteiger partial charge on any atom is 0.260 e. The molecule has 1 heterocycles. The fourth-order valence-corrected chi connectivity index (χ4v) is 3.35. The largest absolute Gasteiger partial charge is 0.332 e. The van der Waals surface area contributed by atoms with E-state index in [0.29, 0.717) is 18.8 Å². The fourth-order valence-electron chi connectivity index (χ4n) is 1.70. The van der Waals surface area contributed by atoms with Crippen LogP contribution in [-0.2, 0) is 16.4 Å². The molecule has 0 spiro atoms. The van der Waals surface area contributed by atoms with Gasteiger partial charge in [-0.15, -0.1) is 0 Å². The number of rotatable bonds is 6. The summed E-state index contributed by atoms with van der Waals surface area (Å²) in [5.74, 6) is 0.698. The van der Waals surface area contributed by atoms with E-state index in [-0.39, 0.29) is 11.1 Å². The zero-order valence-electron chi connectivity index (χ0n) is 10.9. The number of sulfonamides is 1. The molecule has 6 heteroatoms. The van der Waals surface area contributed by atoms with Crippen LogP contribution in [0.1, 0.15) is 39.9 Å². The molecule has 98 valence electrons. The first-order valence-electron chi connectivity index (χ1n) is 6.03. The van der Waals surface area contributed by atoms with E-state index < -0.39 is 10.0 Å². The van der Waals surface area contributed by atoms with Gasteiger partial charge in [0.15, 0.2) is 5.03 Å². The first kappa shape index (κ1) is 14.2. The van der Waals surface area contributed by atoms with Gasteiger partial charge >= 0.3 is 0 Å². The third kappa shape index (κ3) is 2.87. The topological polar surface area (TPSA) is 66.1 Å². The van der Waals surface area contributed by atoms with Crippen molar-refractivity contribution in [3.8, 4) is 0 Å². The molecule has 17 heavy (non-hydrogen) atoms. The van der Waals surface area contributed by atoms with Gasteiger partial charge in [0.05, 0.1) is 6.20 Å². The van der Waals surface area contributed by atoms with Crippen LogP contribution in [0.2, 0.25) is 0 Å². The van der Waals surface area contributed by atoms with Crippen LogP contribution >= 0.6 is 0 Å². The molecule has 5 nitrogen and oxygen atoms in total. The Morgan fingerprint density at radius 1 is 1.41 bits per heavy atom. The van der Waals surface area contributed by atoms with Crippen LogP contribution in [0.25, 0.3) is 0 Å². The minimum absolute atomic E-state index is 0.00150. The number of nitrogens with one attached hydrogen (secondary N) is 1. The summed E-state index contributed by atoms with van der Waals surface area (Å²) in [4.78, 5) is 6.90. The van der Waals surface area contributed by atoms with Gasteiger partial charge in [-0.3, -0.25) is 0 Å². The van der Waals surface area contributed by atoms with Crippen molar-refractivity contribution < 1.29 is 8.42 Å². The van der Waals surface area contributed by atoms with E-state index in [0.717, 1.165) is 6.42 Å². The lowest BCUT2D eigenvalue weighted by Crippen LogP contribution is -2.38. The third-order valence-corrected chi connectivity index (χ3v) is 4.92. The molecule has 1 rings (SSSR count). The molecule has 0 aromatic carbocycles. The van der Waals surface area contributed by atoms with Gasteiger partial charge in [-0.05, 0) is 13.3 Å². The molecule has 1 aromatic rings. The summed E-state index contributed by atoms with van der Waals surface area (Å²) in [6, 6.07) is -0.00150. The molecule has 0 aliphatic carbocycles. The predicted octanol–water partition coefficient (Wildman–Crippen LogP) is 1.78. The van der Waals surface area contributed by atoms with Crippen LogP contribution in [0.4, 0.5) is 0 Å². The quantitative estimate of drug-likeness (QED) is 0.847. The molecule has 0 bridgehead atoms. The first-order valence-corrected chi connectivity index (χ1v) is 7.47. The fraction of sp³-hybridized carbons (Fsp3) is 0.727. The summed E-state index contributed by atoms with van der Waals surface area (Å²) in [5.41, 5.74) is 0. The van der Waals surface area contributed by atoms with E-state index in [9.17, 15) is 8.42 Å². The lowest BCUT2D eigenvalue weighted by Gasteiger charge is -2.25. The highest BCUT2D eigenvalue weighted by Crippen LogP contribution is 2.17. The Labute approximate surface area is 103 Å². The molecule has 0 fully saturated rings. The Bertz CT molecular complexity index is 453. The van der Waals surface area contributed by atoms with Crippen molar-refractivity contribution in [1.82, 2.24) is 14.3 Å². The number of imidazole rings is 1. The summed E-state index contributed by atoms with van der Waals surface area (Å²) in [6.07, 6.45) is 2.89. The number of aromatic amines is 1. The minimum Gasteiger partial charge on any atom is -0.332 e. The van der Waals surface area contributed by atoms with Gasteiger partial charge in [-0.2, -0.15) is 4.31 Å². The zero-order valence-corrected chi connectivity index (χ0v) is 11.7. The smallest absolute Gasteiger partial charge is 0.260 e. The van der Waals surface area contributed by atoms with Crippen molar-refractivity contribution in [1.29, 1.82) is 0 Å². The Balaban J connectivity index is 3.08. The maximum absolute atomic E-state index is 12.3. The van der Waals surface area contributed by atoms with Crippen LogP contribution < -0.4 is 0 Å². The number of H-pyrrole nitrogens is 1. The third-order valence-electron chi connectivity index (χ3n) is 2.92. The zero-order chi connectivity index (χ0) is 13.1. The van der Waals surface area contributed by atoms with Crippen molar-refractivity contribution in [3.63, 3.8) is 0 Å². The summed E-state index contributed by atoms with van der Waals surface area (Å²) in [6.45, 7) is 8.14. The van der Waals surface area contributed by atoms with Crippen molar-refractivity contribution in [2.75, 3.05) is 6.54 Å². The number of hydrogen-bond acceptors (Lipinski definition) is 3. The lowest BCUT2D eigenvalue weighted by molar-refractivity contribution is 0.341. The molecule has 0 aliphatic rings. The molecule has 0 saturated carbocycles. The van der Waals surface area contributed by atoms with Crippen LogP contribution in [0.15, 0.2) is 11.2 Å². The van der Waals surface area contributed by atoms with E-state index in [4.69, 9.17) is 0 Å². The monoisotopic (exact) mass is 259 g/mol. The van der Waals surface area contributed by atoms with E-state index in [1.54, 1.807) is 0 Å². The molecule has 1 aromatic heterocycles. The average Bonchev–Trinajstić information content (AvgIpc) is 2.78. The van der Waals surface area contributed by atoms with Crippen molar-refractivity contribution in [2.24, 2.45) is 0 Å². The Morgan fingerprint density at radius 3 is 2.47 bits per heavy atom. The standard InChI is InChI=1S/C11H21N3O2S/c1-5-9(4)14(7-3)17(15,16)11-8-12-10(6-2)13-11/h8-9H,5-7H2,1-4H3,(H,12,13). The molecule has 0 radical (unpaired) electrons. The van der Waals surface area contributed by atoms with Crippen LogP contribution in [-0.4, -0.2) is 35.3 Å². The number of aryl methyl sites for hydroxylation is 1. The van der Waals surface area contributed by atoms with Crippen LogP contribution in [0, 0.1) is 0 Å². The van der Waals surface area contributed by atoms with E-state index in [1.807, 2.05) is 27.7 Å². The predicted molar refractivity (Wildman–Crippen MR) is 67.3 cm³/mol. The molecule has 0 amide bonds. The molecular weight excluding hydrogens is 238 g/mol. The molecule has 1 N–H and O–H groups in total. The van der Waals surface area contributed by atoms with Crippen molar-refractivity contribution in [2.45, 2.75) is 51.6 Å². The SMILES string of the molecule is CCc1ncc(S(=O)(=O)N(CC)C(C)CC)[nH]1. The second-order valence-electron chi connectivity index (χ2n) is 4.01. The summed E-state index contributed by atoms with van der Waals surface area (Å²) < 4.78 is 26.2. The normalized spacial score (nSPS) is 14.2. The first-order chi connectivity index (χ1) is 7.97. The van der Waals surface area contributed by atoms with E-state index in [1.165, 1.54) is 10.5 Å². The highest BCUT2D eigenvalue weighted by molar-refractivity contribution is 7.89. The molecule has 1 atom stereocenters. The minimum atomic E-state index is -3.44. The van der Waals surface area contributed by atoms with Crippen molar-refractivity contribution in [3.05, 3.63) is 12.0 Å². The summed E-state index contributed by atoms with van der Waals surface area (Å²) in [5, 5.41) is 0.191. The number of aromatic nitrogens is 2. The molecule has 1 unspecified atom stereocenters. The highest BCUT2D eigenvalue weighted by Gasteiger charge is 2.28. The Hall–Kier alpha value is -0.880. The van der Waals surface area contributed by atoms with E-state index in [2.05, 4.69) is 9.97 Å². The van der Waals surface area contributed by atoms with Gasteiger partial charge in [-0.25, -0.2) is 13.4 Å². The number of nitrogens with zero attached hydrogens (tertiary/aromatic N) is 2. The lowest BCUT2D eigenvalue weighted by atomic mass is 10.3. The van der Waals surface area contributed by atoms with Crippen LogP contribution in [0.5, 0.6) is 0 Å². The van der Waals surface area contributed by atoms with Gasteiger partial charge in [0.2, 0.25) is 0 Å². The molecule has 0 saturated heterocycles. The summed E-state index contributed by atoms with van der Waals surface area (Å²) >= 11 is 0.